The highest BCUT2D eigenvalue weighted by Gasteiger charge is 2.31. The highest BCUT2D eigenvalue weighted by molar-refractivity contribution is 6.00. The van der Waals surface area contributed by atoms with Crippen LogP contribution in [0, 0.1) is 25.7 Å². The van der Waals surface area contributed by atoms with Crippen LogP contribution in [-0.4, -0.2) is 70.4 Å². The number of piperidine rings is 2. The topological polar surface area (TPSA) is 126 Å². The third kappa shape index (κ3) is 6.58. The Morgan fingerprint density at radius 3 is 2.30 bits per heavy atom. The van der Waals surface area contributed by atoms with Crippen molar-refractivity contribution in [1.82, 2.24) is 23.9 Å². The monoisotopic (exact) mass is 681 g/mol. The first kappa shape index (κ1) is 34.7. The predicted molar refractivity (Wildman–Crippen MR) is 189 cm³/mol. The summed E-state index contributed by atoms with van der Waals surface area (Å²) >= 11 is 0. The molecule has 0 saturated carbocycles. The zero-order chi connectivity index (χ0) is 35.7. The first-order chi connectivity index (χ1) is 24.0. The maximum atomic E-state index is 13.2. The number of rotatable bonds is 8. The quantitative estimate of drug-likeness (QED) is 0.222. The number of imide groups is 1. The van der Waals surface area contributed by atoms with Gasteiger partial charge >= 0.3 is 5.69 Å². The van der Waals surface area contributed by atoms with Crippen molar-refractivity contribution in [3.63, 3.8) is 0 Å². The fraction of sp³-hybridized carbons (Fsp3) is 0.421. The van der Waals surface area contributed by atoms with Crippen molar-refractivity contribution in [2.45, 2.75) is 58.2 Å². The average molecular weight is 682 g/mol. The van der Waals surface area contributed by atoms with Crippen LogP contribution in [-0.2, 0) is 35.0 Å². The molecule has 2 saturated heterocycles. The van der Waals surface area contributed by atoms with Gasteiger partial charge < -0.3 is 18.8 Å². The molecular formula is C38H43N5O7. The van der Waals surface area contributed by atoms with Gasteiger partial charge in [-0.2, -0.15) is 0 Å². The van der Waals surface area contributed by atoms with Gasteiger partial charge in [-0.1, -0.05) is 17.9 Å². The Hall–Kier alpha value is -5.12. The Morgan fingerprint density at radius 1 is 0.940 bits per heavy atom. The number of methoxy groups -OCH3 is 2. The Bertz CT molecular complexity index is 2130. The number of hydrogen-bond acceptors (Lipinski definition) is 8. The van der Waals surface area contributed by atoms with Crippen molar-refractivity contribution < 1.29 is 23.8 Å². The van der Waals surface area contributed by atoms with E-state index in [2.05, 4.69) is 22.1 Å². The van der Waals surface area contributed by atoms with Crippen LogP contribution in [0.2, 0.25) is 0 Å². The third-order valence-electron chi connectivity index (χ3n) is 10.0. The largest absolute Gasteiger partial charge is 0.496 e. The molecule has 4 heterocycles. The summed E-state index contributed by atoms with van der Waals surface area (Å²) in [6.07, 6.45) is 4.08. The molecule has 2 aliphatic heterocycles. The number of hydrogen-bond donors (Lipinski definition) is 1. The van der Waals surface area contributed by atoms with Crippen molar-refractivity contribution >= 4 is 22.8 Å². The zero-order valence-corrected chi connectivity index (χ0v) is 29.4. The number of fused-ring (bicyclic) bond motifs is 1. The summed E-state index contributed by atoms with van der Waals surface area (Å²) in [5.74, 6) is 6.96. The molecule has 12 heteroatoms. The van der Waals surface area contributed by atoms with Crippen LogP contribution in [0.1, 0.15) is 54.0 Å². The summed E-state index contributed by atoms with van der Waals surface area (Å²) in [5, 5.41) is 2.34. The van der Waals surface area contributed by atoms with Crippen molar-refractivity contribution in [3.05, 3.63) is 79.6 Å². The summed E-state index contributed by atoms with van der Waals surface area (Å²) in [6.45, 7) is 6.38. The number of para-hydroxylation sites is 1. The lowest BCUT2D eigenvalue weighted by Crippen LogP contribution is -2.44. The van der Waals surface area contributed by atoms with E-state index in [4.69, 9.17) is 14.2 Å². The van der Waals surface area contributed by atoms with Gasteiger partial charge in [-0.3, -0.25) is 33.7 Å². The van der Waals surface area contributed by atoms with E-state index in [1.165, 1.54) is 9.13 Å². The zero-order valence-electron chi connectivity index (χ0n) is 29.4. The number of nitrogens with one attached hydrogen (secondary N) is 1. The smallest absolute Gasteiger partial charge is 0.329 e. The number of ether oxygens (including phenoxy) is 3. The van der Waals surface area contributed by atoms with Gasteiger partial charge in [0, 0.05) is 57.5 Å². The minimum absolute atomic E-state index is 0.00815. The number of benzene rings is 2. The molecule has 1 atom stereocenters. The summed E-state index contributed by atoms with van der Waals surface area (Å²) < 4.78 is 22.4. The normalized spacial score (nSPS) is 17.0. The first-order valence-electron chi connectivity index (χ1n) is 16.8. The molecule has 0 bridgehead atoms. The van der Waals surface area contributed by atoms with Crippen LogP contribution < -0.4 is 26.0 Å². The van der Waals surface area contributed by atoms with Gasteiger partial charge in [0.25, 0.3) is 5.56 Å². The second-order valence-corrected chi connectivity index (χ2v) is 13.0. The molecule has 1 N–H and O–H groups in total. The van der Waals surface area contributed by atoms with Crippen LogP contribution in [0.25, 0.3) is 22.2 Å². The Balaban J connectivity index is 1.10. The van der Waals surface area contributed by atoms with Gasteiger partial charge in [0.15, 0.2) is 0 Å². The number of imidazole rings is 1. The predicted octanol–water partition coefficient (Wildman–Crippen LogP) is 3.35. The van der Waals surface area contributed by atoms with E-state index in [1.54, 1.807) is 38.9 Å². The molecule has 1 unspecified atom stereocenters. The third-order valence-corrected chi connectivity index (χ3v) is 10.0. The lowest BCUT2D eigenvalue weighted by molar-refractivity contribution is -0.135. The fourth-order valence-corrected chi connectivity index (χ4v) is 7.08. The highest BCUT2D eigenvalue weighted by atomic mass is 16.5. The molecule has 12 nitrogen and oxygen atoms in total. The number of pyridine rings is 1. The molecule has 0 radical (unpaired) electrons. The Kier molecular flexibility index (Phi) is 10.00. The molecule has 50 heavy (non-hydrogen) atoms. The van der Waals surface area contributed by atoms with Crippen LogP contribution in [0.15, 0.2) is 46.1 Å². The van der Waals surface area contributed by atoms with Crippen molar-refractivity contribution in [1.29, 1.82) is 0 Å². The molecule has 2 fully saturated rings. The molecule has 262 valence electrons. The van der Waals surface area contributed by atoms with Crippen molar-refractivity contribution in [3.8, 4) is 34.5 Å². The van der Waals surface area contributed by atoms with Gasteiger partial charge in [0.05, 0.1) is 42.5 Å². The number of likely N-dealkylation sites (tertiary alicyclic amines) is 1. The number of nitrogens with zero attached hydrogens (tertiary/aromatic N) is 4. The van der Waals surface area contributed by atoms with E-state index >= 15 is 0 Å². The number of carbonyl (C=O) groups is 2. The number of carbonyl (C=O) groups excluding carboxylic acids is 2. The van der Waals surface area contributed by atoms with E-state index in [-0.39, 0.29) is 42.7 Å². The van der Waals surface area contributed by atoms with Gasteiger partial charge in [-0.05, 0) is 68.5 Å². The molecule has 2 aromatic heterocycles. The van der Waals surface area contributed by atoms with Gasteiger partial charge in [-0.15, -0.1) is 0 Å². The molecule has 2 amide bonds. The number of aromatic nitrogens is 3. The van der Waals surface area contributed by atoms with E-state index < -0.39 is 11.9 Å². The van der Waals surface area contributed by atoms with Crippen LogP contribution >= 0.6 is 0 Å². The summed E-state index contributed by atoms with van der Waals surface area (Å²) in [6, 6.07) is 8.74. The summed E-state index contributed by atoms with van der Waals surface area (Å²) in [7, 11) is 6.75. The lowest BCUT2D eigenvalue weighted by atomic mass is 9.97. The van der Waals surface area contributed by atoms with E-state index in [9.17, 15) is 19.2 Å². The molecule has 6 rings (SSSR count). The van der Waals surface area contributed by atoms with Gasteiger partial charge in [0.1, 0.15) is 24.1 Å². The summed E-state index contributed by atoms with van der Waals surface area (Å²) in [4.78, 5) is 52.2. The molecule has 0 aliphatic carbocycles. The SMILES string of the molecule is COc1cc(-c2cn(C)c(=O)c(C)c2C)cc(OC)c1CN1CCC(OCC#Cc2cccc3c2n(C)c(=O)n3C2CCC(=O)NC2=O)CC1. The van der Waals surface area contributed by atoms with E-state index in [1.807, 2.05) is 44.3 Å². The van der Waals surface area contributed by atoms with Crippen LogP contribution in [0.5, 0.6) is 11.5 Å². The molecule has 2 aliphatic rings. The Labute approximate surface area is 290 Å². The summed E-state index contributed by atoms with van der Waals surface area (Å²) in [5.41, 5.74) is 6.09. The maximum Gasteiger partial charge on any atom is 0.329 e. The molecular weight excluding hydrogens is 638 g/mol. The van der Waals surface area contributed by atoms with Crippen molar-refractivity contribution in [2.75, 3.05) is 33.9 Å². The van der Waals surface area contributed by atoms with Crippen LogP contribution in [0.4, 0.5) is 0 Å². The maximum absolute atomic E-state index is 13.2. The van der Waals surface area contributed by atoms with Crippen LogP contribution in [0.3, 0.4) is 0 Å². The molecule has 2 aromatic carbocycles. The van der Waals surface area contributed by atoms with Crippen molar-refractivity contribution in [2.24, 2.45) is 14.1 Å². The van der Waals surface area contributed by atoms with Gasteiger partial charge in [-0.25, -0.2) is 4.79 Å². The second kappa shape index (κ2) is 14.4. The molecule has 4 aromatic rings. The highest BCUT2D eigenvalue weighted by Crippen LogP contribution is 2.37. The number of amides is 2. The van der Waals surface area contributed by atoms with Gasteiger partial charge in [0.2, 0.25) is 11.8 Å². The Morgan fingerprint density at radius 2 is 1.64 bits per heavy atom. The second-order valence-electron chi connectivity index (χ2n) is 13.0. The minimum atomic E-state index is -0.747. The standard InChI is InChI=1S/C38H43N5O7/c1-23-24(2)37(46)40(3)21-28(23)26-19-32(48-5)29(33(20-26)49-6)22-42-16-14-27(15-17-42)50-18-8-10-25-9-7-11-30-35(25)41(4)38(47)43(30)31-12-13-34(44)39-36(31)45/h7,9,11,19-21,27,31H,12-18,22H2,1-6H3,(H,39,44,45). The van der Waals surface area contributed by atoms with E-state index in [0.29, 0.717) is 28.7 Å². The molecule has 0 spiro atoms. The fourth-order valence-electron chi connectivity index (χ4n) is 7.08. The van der Waals surface area contributed by atoms with E-state index in [0.717, 1.165) is 59.7 Å². The minimum Gasteiger partial charge on any atom is -0.496 e. The average Bonchev–Trinajstić information content (AvgIpc) is 3.37. The first-order valence-corrected chi connectivity index (χ1v) is 16.8. The number of aryl methyl sites for hydroxylation is 2. The lowest BCUT2D eigenvalue weighted by Gasteiger charge is -2.32.